The van der Waals surface area contributed by atoms with Gasteiger partial charge in [0, 0.05) is 19.1 Å². The summed E-state index contributed by atoms with van der Waals surface area (Å²) < 4.78 is 0. The molecule has 1 aliphatic rings. The normalized spacial score (nSPS) is 23.9. The second-order valence-corrected chi connectivity index (χ2v) is 6.39. The lowest BCUT2D eigenvalue weighted by atomic mass is 9.92. The van der Waals surface area contributed by atoms with Crippen LogP contribution in [0.5, 0.6) is 0 Å². The summed E-state index contributed by atoms with van der Waals surface area (Å²) in [6, 6.07) is 9.63. The van der Waals surface area contributed by atoms with E-state index < -0.39 is 0 Å². The molecule has 1 saturated heterocycles. The first-order valence-corrected chi connectivity index (χ1v) is 8.22. The highest BCUT2D eigenvalue weighted by Gasteiger charge is 2.23. The van der Waals surface area contributed by atoms with E-state index in [1.165, 1.54) is 36.9 Å². The van der Waals surface area contributed by atoms with Gasteiger partial charge in [-0.15, -0.1) is 0 Å². The van der Waals surface area contributed by atoms with Crippen molar-refractivity contribution in [3.8, 4) is 0 Å². The van der Waals surface area contributed by atoms with Gasteiger partial charge in [0.15, 0.2) is 0 Å². The Bertz CT molecular complexity index is 402. The maximum absolute atomic E-state index is 3.53. The third-order valence-corrected chi connectivity index (χ3v) is 4.51. The van der Waals surface area contributed by atoms with Crippen LogP contribution in [0.1, 0.15) is 51.2 Å². The topological polar surface area (TPSA) is 15.3 Å². The number of rotatable bonds is 6. The first-order chi connectivity index (χ1) is 9.70. The average molecular weight is 274 g/mol. The van der Waals surface area contributed by atoms with E-state index >= 15 is 0 Å². The van der Waals surface area contributed by atoms with Crippen molar-refractivity contribution < 1.29 is 0 Å². The molecule has 0 bridgehead atoms. The van der Waals surface area contributed by atoms with Gasteiger partial charge >= 0.3 is 0 Å². The summed E-state index contributed by atoms with van der Waals surface area (Å²) in [7, 11) is 0. The Balaban J connectivity index is 1.97. The molecule has 2 heteroatoms. The molecule has 0 amide bonds. The molecule has 1 aliphatic heterocycles. The van der Waals surface area contributed by atoms with Crippen molar-refractivity contribution in [2.45, 2.75) is 59.2 Å². The van der Waals surface area contributed by atoms with Crippen LogP contribution in [0.4, 0.5) is 0 Å². The highest BCUT2D eigenvalue weighted by molar-refractivity contribution is 5.27. The van der Waals surface area contributed by atoms with E-state index in [1.807, 2.05) is 0 Å². The Kier molecular flexibility index (Phi) is 6.06. The predicted octanol–water partition coefficient (Wildman–Crippen LogP) is 3.81. The molecule has 1 aromatic carbocycles. The van der Waals surface area contributed by atoms with Gasteiger partial charge in [0.1, 0.15) is 0 Å². The molecule has 0 aliphatic carbocycles. The van der Waals surface area contributed by atoms with E-state index in [2.05, 4.69) is 55.3 Å². The summed E-state index contributed by atoms with van der Waals surface area (Å²) in [5.41, 5.74) is 2.96. The minimum absolute atomic E-state index is 0.718. The lowest BCUT2D eigenvalue weighted by molar-refractivity contribution is 0.122. The molecule has 1 heterocycles. The van der Waals surface area contributed by atoms with Crippen LogP contribution in [0.15, 0.2) is 24.3 Å². The van der Waals surface area contributed by atoms with E-state index in [0.29, 0.717) is 0 Å². The first kappa shape index (κ1) is 15.5. The number of piperidine rings is 1. The molecule has 20 heavy (non-hydrogen) atoms. The molecule has 2 rings (SSSR count). The maximum Gasteiger partial charge on any atom is 0.0239 e. The summed E-state index contributed by atoms with van der Waals surface area (Å²) in [4.78, 5) is 2.65. The summed E-state index contributed by atoms with van der Waals surface area (Å²) in [5.74, 6) is 0.891. The largest absolute Gasteiger partial charge is 0.313 e. The van der Waals surface area contributed by atoms with Crippen LogP contribution < -0.4 is 5.32 Å². The van der Waals surface area contributed by atoms with Crippen LogP contribution in [-0.2, 0) is 13.1 Å². The fourth-order valence-electron chi connectivity index (χ4n) is 3.19. The fourth-order valence-corrected chi connectivity index (χ4v) is 3.19. The minimum Gasteiger partial charge on any atom is -0.313 e. The Morgan fingerprint density at radius 2 is 1.95 bits per heavy atom. The van der Waals surface area contributed by atoms with E-state index in [4.69, 9.17) is 0 Å². The second-order valence-electron chi connectivity index (χ2n) is 6.39. The number of likely N-dealkylation sites (tertiary alicyclic amines) is 1. The summed E-state index contributed by atoms with van der Waals surface area (Å²) in [6.45, 7) is 11.4. The highest BCUT2D eigenvalue weighted by atomic mass is 15.2. The Hall–Kier alpha value is -0.860. The molecule has 0 aromatic heterocycles. The van der Waals surface area contributed by atoms with Gasteiger partial charge in [-0.05, 0) is 56.3 Å². The Morgan fingerprint density at radius 1 is 1.20 bits per heavy atom. The van der Waals surface area contributed by atoms with Crippen molar-refractivity contribution in [1.82, 2.24) is 10.2 Å². The summed E-state index contributed by atoms with van der Waals surface area (Å²) in [6.07, 6.45) is 3.89. The zero-order valence-corrected chi connectivity index (χ0v) is 13.4. The average Bonchev–Trinajstić information content (AvgIpc) is 2.44. The van der Waals surface area contributed by atoms with Gasteiger partial charge < -0.3 is 5.32 Å². The standard InChI is InChI=1S/C18H30N2/c1-4-10-19-13-17-7-5-6-8-18(17)14-20-11-9-15(2)12-16(20)3/h5-8,15-16,19H,4,9-14H2,1-3H3. The lowest BCUT2D eigenvalue weighted by Crippen LogP contribution is -2.39. The molecule has 112 valence electrons. The van der Waals surface area contributed by atoms with Gasteiger partial charge in [-0.2, -0.15) is 0 Å². The maximum atomic E-state index is 3.53. The molecule has 1 fully saturated rings. The molecule has 0 radical (unpaired) electrons. The van der Waals surface area contributed by atoms with Crippen LogP contribution in [0, 0.1) is 5.92 Å². The molecular weight excluding hydrogens is 244 g/mol. The Labute approximate surface area is 124 Å². The number of nitrogens with one attached hydrogen (secondary N) is 1. The molecule has 0 saturated carbocycles. The number of benzene rings is 1. The van der Waals surface area contributed by atoms with Crippen LogP contribution >= 0.6 is 0 Å². The third-order valence-electron chi connectivity index (χ3n) is 4.51. The first-order valence-electron chi connectivity index (χ1n) is 8.22. The predicted molar refractivity (Wildman–Crippen MR) is 86.7 cm³/mol. The van der Waals surface area contributed by atoms with Crippen molar-refractivity contribution >= 4 is 0 Å². The van der Waals surface area contributed by atoms with E-state index in [0.717, 1.165) is 31.6 Å². The van der Waals surface area contributed by atoms with Crippen LogP contribution in [-0.4, -0.2) is 24.0 Å². The SMILES string of the molecule is CCCNCc1ccccc1CN1CCC(C)CC1C. The molecule has 2 unspecified atom stereocenters. The van der Waals surface area contributed by atoms with Gasteiger partial charge in [0.05, 0.1) is 0 Å². The van der Waals surface area contributed by atoms with Crippen molar-refractivity contribution in [1.29, 1.82) is 0 Å². The summed E-state index contributed by atoms with van der Waals surface area (Å²) in [5, 5.41) is 3.53. The zero-order chi connectivity index (χ0) is 14.4. The van der Waals surface area contributed by atoms with Gasteiger partial charge in [0.25, 0.3) is 0 Å². The molecule has 2 nitrogen and oxygen atoms in total. The lowest BCUT2D eigenvalue weighted by Gasteiger charge is -2.37. The van der Waals surface area contributed by atoms with Crippen LogP contribution in [0.3, 0.4) is 0 Å². The summed E-state index contributed by atoms with van der Waals surface area (Å²) >= 11 is 0. The van der Waals surface area contributed by atoms with Crippen molar-refractivity contribution in [3.63, 3.8) is 0 Å². The van der Waals surface area contributed by atoms with Gasteiger partial charge in [0.2, 0.25) is 0 Å². The number of nitrogens with zero attached hydrogens (tertiary/aromatic N) is 1. The van der Waals surface area contributed by atoms with Crippen molar-refractivity contribution in [2.24, 2.45) is 5.92 Å². The molecule has 0 spiro atoms. The van der Waals surface area contributed by atoms with Crippen LogP contribution in [0.25, 0.3) is 0 Å². The molecule has 1 N–H and O–H groups in total. The third kappa shape index (κ3) is 4.32. The quantitative estimate of drug-likeness (QED) is 0.794. The molecule has 1 aromatic rings. The van der Waals surface area contributed by atoms with Crippen molar-refractivity contribution in [3.05, 3.63) is 35.4 Å². The second kappa shape index (κ2) is 7.80. The number of hydrogen-bond acceptors (Lipinski definition) is 2. The zero-order valence-electron chi connectivity index (χ0n) is 13.4. The molecule has 2 atom stereocenters. The van der Waals surface area contributed by atoms with Crippen molar-refractivity contribution in [2.75, 3.05) is 13.1 Å². The smallest absolute Gasteiger partial charge is 0.0239 e. The minimum atomic E-state index is 0.718. The monoisotopic (exact) mass is 274 g/mol. The highest BCUT2D eigenvalue weighted by Crippen LogP contribution is 2.24. The van der Waals surface area contributed by atoms with Gasteiger partial charge in [-0.25, -0.2) is 0 Å². The van der Waals surface area contributed by atoms with E-state index in [1.54, 1.807) is 0 Å². The Morgan fingerprint density at radius 3 is 2.65 bits per heavy atom. The van der Waals surface area contributed by atoms with Crippen LogP contribution in [0.2, 0.25) is 0 Å². The van der Waals surface area contributed by atoms with E-state index in [9.17, 15) is 0 Å². The van der Waals surface area contributed by atoms with Gasteiger partial charge in [-0.1, -0.05) is 38.1 Å². The van der Waals surface area contributed by atoms with E-state index in [-0.39, 0.29) is 0 Å². The fraction of sp³-hybridized carbons (Fsp3) is 0.667. The molecular formula is C18H30N2. The van der Waals surface area contributed by atoms with Gasteiger partial charge in [-0.3, -0.25) is 4.90 Å². The number of hydrogen-bond donors (Lipinski definition) is 1.